The predicted octanol–water partition coefficient (Wildman–Crippen LogP) is 3.73. The van der Waals surface area contributed by atoms with E-state index in [2.05, 4.69) is 30.2 Å². The number of nitrogens with one attached hydrogen (secondary N) is 1. The number of rotatable bonds is 6. The number of benzene rings is 1. The molecule has 0 aliphatic heterocycles. The van der Waals surface area contributed by atoms with Gasteiger partial charge in [-0.25, -0.2) is 4.98 Å². The fourth-order valence-corrected chi connectivity index (χ4v) is 1.70. The van der Waals surface area contributed by atoms with Gasteiger partial charge in [0.25, 0.3) is 0 Å². The van der Waals surface area contributed by atoms with Gasteiger partial charge in [-0.3, -0.25) is 0 Å². The van der Waals surface area contributed by atoms with Crippen LogP contribution in [0.4, 0.5) is 5.82 Å². The highest BCUT2D eigenvalue weighted by atomic mass is 16.5. The minimum atomic E-state index is 0.525. The van der Waals surface area contributed by atoms with Crippen LogP contribution in [0.1, 0.15) is 19.4 Å². The summed E-state index contributed by atoms with van der Waals surface area (Å²) in [7, 11) is 0. The molecule has 0 aliphatic carbocycles. The molecule has 0 amide bonds. The van der Waals surface area contributed by atoms with Crippen molar-refractivity contribution < 1.29 is 4.74 Å². The van der Waals surface area contributed by atoms with Crippen LogP contribution >= 0.6 is 0 Å². The number of anilines is 1. The molecule has 0 radical (unpaired) electrons. The van der Waals surface area contributed by atoms with Gasteiger partial charge >= 0.3 is 0 Å². The largest absolute Gasteiger partial charge is 0.493 e. The molecular weight excluding hydrogens is 236 g/mol. The first-order valence-corrected chi connectivity index (χ1v) is 6.61. The van der Waals surface area contributed by atoms with Crippen molar-refractivity contribution in [2.24, 2.45) is 5.92 Å². The van der Waals surface area contributed by atoms with Crippen LogP contribution in [0.15, 0.2) is 48.7 Å². The van der Waals surface area contributed by atoms with Crippen molar-refractivity contribution in [3.8, 4) is 5.75 Å². The molecule has 0 bridgehead atoms. The van der Waals surface area contributed by atoms with Gasteiger partial charge in [0.1, 0.15) is 11.6 Å². The van der Waals surface area contributed by atoms with Crippen LogP contribution in [0.25, 0.3) is 0 Å². The Morgan fingerprint density at radius 2 is 1.89 bits per heavy atom. The average molecular weight is 256 g/mol. The molecule has 0 spiro atoms. The lowest BCUT2D eigenvalue weighted by atomic mass is 10.2. The molecular formula is C16H20N2O. The Hall–Kier alpha value is -2.03. The Morgan fingerprint density at radius 1 is 1.11 bits per heavy atom. The standard InChI is InChI=1S/C16H20N2O/c1-13(2)12-19-15-8-4-3-7-14(15)11-18-16-9-5-6-10-17-16/h3-10,13H,11-12H2,1-2H3,(H,17,18). The number of aromatic nitrogens is 1. The Balaban J connectivity index is 1.99. The zero-order chi connectivity index (χ0) is 13.5. The number of hydrogen-bond donors (Lipinski definition) is 1. The fourth-order valence-electron chi connectivity index (χ4n) is 1.70. The average Bonchev–Trinajstić information content (AvgIpc) is 2.45. The van der Waals surface area contributed by atoms with E-state index in [0.29, 0.717) is 12.5 Å². The molecule has 3 heteroatoms. The molecule has 1 aromatic heterocycles. The van der Waals surface area contributed by atoms with Gasteiger partial charge in [0.05, 0.1) is 6.61 Å². The van der Waals surface area contributed by atoms with Gasteiger partial charge in [0, 0.05) is 18.3 Å². The van der Waals surface area contributed by atoms with Crippen LogP contribution < -0.4 is 10.1 Å². The molecule has 19 heavy (non-hydrogen) atoms. The van der Waals surface area contributed by atoms with Crippen LogP contribution in [0.2, 0.25) is 0 Å². The van der Waals surface area contributed by atoms with Gasteiger partial charge in [-0.05, 0) is 24.1 Å². The number of nitrogens with zero attached hydrogens (tertiary/aromatic N) is 1. The van der Waals surface area contributed by atoms with E-state index >= 15 is 0 Å². The van der Waals surface area contributed by atoms with E-state index in [4.69, 9.17) is 4.74 Å². The lowest BCUT2D eigenvalue weighted by Crippen LogP contribution is -2.08. The third-order valence-corrected chi connectivity index (χ3v) is 2.67. The number of pyridine rings is 1. The molecule has 3 nitrogen and oxygen atoms in total. The van der Waals surface area contributed by atoms with Crippen molar-refractivity contribution >= 4 is 5.82 Å². The topological polar surface area (TPSA) is 34.1 Å². The van der Waals surface area contributed by atoms with Gasteiger partial charge in [-0.15, -0.1) is 0 Å². The molecule has 1 aromatic carbocycles. The van der Waals surface area contributed by atoms with E-state index in [0.717, 1.165) is 23.7 Å². The van der Waals surface area contributed by atoms with Crippen LogP contribution in [0.5, 0.6) is 5.75 Å². The summed E-state index contributed by atoms with van der Waals surface area (Å²) in [5.41, 5.74) is 1.15. The van der Waals surface area contributed by atoms with E-state index in [9.17, 15) is 0 Å². The predicted molar refractivity (Wildman–Crippen MR) is 78.3 cm³/mol. The molecule has 0 aliphatic rings. The molecule has 0 saturated carbocycles. The Morgan fingerprint density at radius 3 is 2.63 bits per heavy atom. The van der Waals surface area contributed by atoms with Gasteiger partial charge < -0.3 is 10.1 Å². The zero-order valence-corrected chi connectivity index (χ0v) is 11.5. The van der Waals surface area contributed by atoms with Crippen molar-refractivity contribution in [2.75, 3.05) is 11.9 Å². The van der Waals surface area contributed by atoms with E-state index in [-0.39, 0.29) is 0 Å². The summed E-state index contributed by atoms with van der Waals surface area (Å²) in [6, 6.07) is 13.9. The highest BCUT2D eigenvalue weighted by molar-refractivity contribution is 5.39. The third-order valence-electron chi connectivity index (χ3n) is 2.67. The summed E-state index contributed by atoms with van der Waals surface area (Å²) in [6.45, 7) is 5.75. The first kappa shape index (κ1) is 13.4. The van der Waals surface area contributed by atoms with Crippen molar-refractivity contribution in [2.45, 2.75) is 20.4 Å². The Kier molecular flexibility index (Phi) is 4.78. The van der Waals surface area contributed by atoms with Crippen LogP contribution in [-0.4, -0.2) is 11.6 Å². The van der Waals surface area contributed by atoms with Crippen LogP contribution in [-0.2, 0) is 6.54 Å². The second-order valence-corrected chi connectivity index (χ2v) is 4.88. The van der Waals surface area contributed by atoms with E-state index < -0.39 is 0 Å². The lowest BCUT2D eigenvalue weighted by molar-refractivity contribution is 0.269. The van der Waals surface area contributed by atoms with Gasteiger partial charge in [-0.2, -0.15) is 0 Å². The summed E-state index contributed by atoms with van der Waals surface area (Å²) in [4.78, 5) is 4.25. The molecule has 0 saturated heterocycles. The van der Waals surface area contributed by atoms with Crippen LogP contribution in [0, 0.1) is 5.92 Å². The highest BCUT2D eigenvalue weighted by Crippen LogP contribution is 2.19. The monoisotopic (exact) mass is 256 g/mol. The second-order valence-electron chi connectivity index (χ2n) is 4.88. The number of ether oxygens (including phenoxy) is 1. The molecule has 0 unspecified atom stereocenters. The SMILES string of the molecule is CC(C)COc1ccccc1CNc1ccccn1. The Labute approximate surface area is 114 Å². The zero-order valence-electron chi connectivity index (χ0n) is 11.5. The van der Waals surface area contributed by atoms with Crippen LogP contribution in [0.3, 0.4) is 0 Å². The summed E-state index contributed by atoms with van der Waals surface area (Å²) < 4.78 is 5.83. The first-order valence-electron chi connectivity index (χ1n) is 6.61. The molecule has 1 N–H and O–H groups in total. The highest BCUT2D eigenvalue weighted by Gasteiger charge is 2.04. The van der Waals surface area contributed by atoms with Crippen molar-refractivity contribution in [1.82, 2.24) is 4.98 Å². The fraction of sp³-hybridized carbons (Fsp3) is 0.312. The molecule has 1 heterocycles. The van der Waals surface area contributed by atoms with Gasteiger partial charge in [-0.1, -0.05) is 38.1 Å². The summed E-state index contributed by atoms with van der Waals surface area (Å²) >= 11 is 0. The smallest absolute Gasteiger partial charge is 0.126 e. The van der Waals surface area contributed by atoms with Crippen molar-refractivity contribution in [1.29, 1.82) is 0 Å². The van der Waals surface area contributed by atoms with Crippen molar-refractivity contribution in [3.05, 3.63) is 54.2 Å². The quantitative estimate of drug-likeness (QED) is 0.855. The molecule has 2 aromatic rings. The number of hydrogen-bond acceptors (Lipinski definition) is 3. The maximum Gasteiger partial charge on any atom is 0.126 e. The van der Waals surface area contributed by atoms with Gasteiger partial charge in [0.2, 0.25) is 0 Å². The van der Waals surface area contributed by atoms with Crippen molar-refractivity contribution in [3.63, 3.8) is 0 Å². The normalized spacial score (nSPS) is 10.5. The van der Waals surface area contributed by atoms with E-state index in [1.807, 2.05) is 36.4 Å². The van der Waals surface area contributed by atoms with Gasteiger partial charge in [0.15, 0.2) is 0 Å². The first-order chi connectivity index (χ1) is 9.25. The molecule has 100 valence electrons. The molecule has 0 fully saturated rings. The maximum atomic E-state index is 5.83. The van der Waals surface area contributed by atoms with E-state index in [1.54, 1.807) is 6.20 Å². The summed E-state index contributed by atoms with van der Waals surface area (Å²) in [5.74, 6) is 2.34. The minimum Gasteiger partial charge on any atom is -0.493 e. The summed E-state index contributed by atoms with van der Waals surface area (Å²) in [6.07, 6.45) is 1.78. The Bertz CT molecular complexity index is 497. The lowest BCUT2D eigenvalue weighted by Gasteiger charge is -2.13. The second kappa shape index (κ2) is 6.78. The maximum absolute atomic E-state index is 5.83. The molecule has 2 rings (SSSR count). The summed E-state index contributed by atoms with van der Waals surface area (Å²) in [5, 5.41) is 3.30. The third kappa shape index (κ3) is 4.28. The minimum absolute atomic E-state index is 0.525. The van der Waals surface area contributed by atoms with E-state index in [1.165, 1.54) is 0 Å². The molecule has 0 atom stereocenters. The number of para-hydroxylation sites is 1.